The number of carbonyl (C=O) groups excluding carboxylic acids is 10. The number of carboxylic acids is 1. The van der Waals surface area contributed by atoms with Gasteiger partial charge in [0, 0.05) is 51.7 Å². The molecule has 4 aliphatic heterocycles. The van der Waals surface area contributed by atoms with Gasteiger partial charge in [-0.3, -0.25) is 57.4 Å². The Balaban J connectivity index is 0.000000276. The quantitative estimate of drug-likeness (QED) is 0.0201. The van der Waals surface area contributed by atoms with Gasteiger partial charge in [-0.05, 0) is 191 Å². The number of aliphatic carboxylic acids is 1. The first-order valence-electron chi connectivity index (χ1n) is 41.4. The van der Waals surface area contributed by atoms with Crippen molar-refractivity contribution in [2.45, 2.75) is 352 Å². The molecule has 5 amide bonds. The number of ether oxygens (including phenoxy) is 6. The van der Waals surface area contributed by atoms with Crippen LogP contribution < -0.4 is 9.44 Å². The fraction of sp³-hybridized carbons (Fsp3) is 0.774. The van der Waals surface area contributed by atoms with Gasteiger partial charge in [-0.15, -0.1) is 19.7 Å². The van der Waals surface area contributed by atoms with Crippen molar-refractivity contribution >= 4 is 85.0 Å². The Morgan fingerprint density at radius 1 is 0.647 bits per heavy atom. The number of ketones is 2. The Kier molecular flexibility index (Phi) is 35.0. The van der Waals surface area contributed by atoms with E-state index in [9.17, 15) is 90.0 Å². The van der Waals surface area contributed by atoms with Crippen molar-refractivity contribution in [3.05, 3.63) is 50.1 Å². The van der Waals surface area contributed by atoms with Crippen molar-refractivity contribution in [2.24, 2.45) is 40.4 Å². The lowest BCUT2D eigenvalue weighted by Gasteiger charge is -2.34. The van der Waals surface area contributed by atoms with E-state index in [0.717, 1.165) is 11.3 Å². The van der Waals surface area contributed by atoms with Gasteiger partial charge in [-0.25, -0.2) is 21.6 Å². The Hall–Kier alpha value is -6.81. The minimum Gasteiger partial charge on any atom is -0.480 e. The molecule has 8 rings (SSSR count). The van der Waals surface area contributed by atoms with E-state index in [0.29, 0.717) is 83.5 Å². The molecule has 0 aromatic heterocycles. The number of esters is 3. The molecule has 4 aliphatic carbocycles. The number of aliphatic hydroxyl groups is 3. The lowest BCUT2D eigenvalue weighted by Crippen LogP contribution is -2.49. The number of nitrogens with zero attached hydrogens (tertiary/aromatic N) is 3. The minimum absolute atomic E-state index is 0.00361. The molecular weight excluding hydrogens is 1540 g/mol. The summed E-state index contributed by atoms with van der Waals surface area (Å²) in [6.07, 6.45) is 10.1. The summed E-state index contributed by atoms with van der Waals surface area (Å²) in [4.78, 5) is 150. The molecule has 0 bridgehead atoms. The summed E-state index contributed by atoms with van der Waals surface area (Å²) >= 11 is 0. The molecule has 656 valence electrons. The number of carboxylic acid groups (broad SMARTS) is 1. The van der Waals surface area contributed by atoms with E-state index in [-0.39, 0.29) is 102 Å². The van der Waals surface area contributed by atoms with Gasteiger partial charge >= 0.3 is 23.9 Å². The van der Waals surface area contributed by atoms with Gasteiger partial charge in [0.15, 0.2) is 11.6 Å². The number of allylic oxidation sites excluding steroid dienone is 5. The third-order valence-electron chi connectivity index (χ3n) is 22.4. The number of carbonyl (C=O) groups is 11. The maximum Gasteiger partial charge on any atom is 0.326 e. The van der Waals surface area contributed by atoms with Crippen LogP contribution in [0.2, 0.25) is 0 Å². The number of hydrogen-bond donors (Lipinski definition) is 6. The standard InChI is InChI=1S/C32H50N2O9S.C30H46N2O9S.C22H37NO7/c1-8-11-12-20(4)42-27(10-3)24(16-28(37)43-31(5,6)7)29(38)34-19-22(35)15-25(34)26(36)18-32(17-21(32)9-2)30(39)33-44(40,41)23-13-14-23;1-6-25-22(14-26(35)41-29(3,4)5)27(36)32-17-20(33)13-23(32)24(34)16-30(28(37)31-42(38,39)21-11-12-21)15-19(30)10-8-7-9-18(2)40-25;1-7-9-10-14(3)29-18(8-2)16(12-19(25)30-22(4,5)6)20(26)23-13-15(24)11-17(23)21(27)28/h8-9,20-25,27,35H,1-2,10-19H2,3-7H3,(H,33,39);8,10,18-23,25,33H,6-7,9,11-17H2,1-5H3,(H,31,37);7,14-18,24H,1,8-13H2,2-6H3,(H,27,28)/b;10-8-;/t20-,21-,22-,24+,25+,27+,32-;18-,19-,20-,22+,23+,25+,30-;14-,15-,16+,17+,18+/m111/s1. The van der Waals surface area contributed by atoms with E-state index in [1.165, 1.54) is 15.9 Å². The summed E-state index contributed by atoms with van der Waals surface area (Å²) in [6.45, 7) is 37.8. The molecule has 3 saturated heterocycles. The van der Waals surface area contributed by atoms with Crippen molar-refractivity contribution in [2.75, 3.05) is 19.6 Å². The van der Waals surface area contributed by atoms with Crippen LogP contribution in [0.15, 0.2) is 50.1 Å². The number of Topliss-reactive ketones (excluding diaryl/α,β-unsaturated/α-hetero) is 2. The molecule has 6 N–H and O–H groups in total. The van der Waals surface area contributed by atoms with Crippen LogP contribution in [0, 0.1) is 40.4 Å². The van der Waals surface area contributed by atoms with Gasteiger partial charge in [0.1, 0.15) is 22.8 Å². The smallest absolute Gasteiger partial charge is 0.326 e. The van der Waals surface area contributed by atoms with E-state index in [4.69, 9.17) is 28.4 Å². The summed E-state index contributed by atoms with van der Waals surface area (Å²) in [7, 11) is -7.64. The highest BCUT2D eigenvalue weighted by Gasteiger charge is 2.63. The second-order valence-electron chi connectivity index (χ2n) is 35.9. The number of hydrogen-bond acceptors (Lipinski definition) is 24. The molecule has 0 spiro atoms. The highest BCUT2D eigenvalue weighted by Crippen LogP contribution is 2.58. The van der Waals surface area contributed by atoms with E-state index < -0.39 is 202 Å². The predicted molar refractivity (Wildman–Crippen MR) is 430 cm³/mol. The molecule has 0 unspecified atom stereocenters. The molecule has 4 saturated carbocycles. The van der Waals surface area contributed by atoms with E-state index in [2.05, 4.69) is 29.2 Å². The summed E-state index contributed by atoms with van der Waals surface area (Å²) in [5, 5.41) is 39.4. The first-order chi connectivity index (χ1) is 53.9. The first-order valence-corrected chi connectivity index (χ1v) is 44.5. The van der Waals surface area contributed by atoms with Gasteiger partial charge in [0.05, 0.1) is 125 Å². The number of rotatable bonds is 34. The average molecular weight is 1680 g/mol. The highest BCUT2D eigenvalue weighted by atomic mass is 32.2. The van der Waals surface area contributed by atoms with Crippen LogP contribution in [-0.4, -0.2) is 237 Å². The monoisotopic (exact) mass is 1680 g/mol. The molecule has 0 radical (unpaired) electrons. The molecule has 4 heterocycles. The Morgan fingerprint density at radius 3 is 1.53 bits per heavy atom. The molecule has 7 fully saturated rings. The van der Waals surface area contributed by atoms with Gasteiger partial charge in [-0.1, -0.05) is 51.2 Å². The molecule has 0 aromatic rings. The lowest BCUT2D eigenvalue weighted by atomic mass is 9.90. The number of fused-ring (bicyclic) bond motifs is 2. The number of likely N-dealkylation sites (tertiary alicyclic amines) is 2. The normalized spacial score (nSPS) is 28.8. The summed E-state index contributed by atoms with van der Waals surface area (Å²) in [5.41, 5.74) is -4.76. The van der Waals surface area contributed by atoms with Crippen LogP contribution in [-0.2, 0) is 101 Å². The van der Waals surface area contributed by atoms with Crippen molar-refractivity contribution in [3.63, 3.8) is 0 Å². The van der Waals surface area contributed by atoms with Crippen molar-refractivity contribution in [1.82, 2.24) is 24.1 Å². The summed E-state index contributed by atoms with van der Waals surface area (Å²) in [6, 6.07) is -3.18. The molecule has 30 nitrogen and oxygen atoms in total. The maximum atomic E-state index is 14.2. The van der Waals surface area contributed by atoms with Gasteiger partial charge < -0.3 is 63.5 Å². The van der Waals surface area contributed by atoms with Crippen LogP contribution in [0.1, 0.15) is 252 Å². The molecule has 19 atom stereocenters. The van der Waals surface area contributed by atoms with Crippen LogP contribution in [0.4, 0.5) is 0 Å². The SMILES string of the molecule is C=CCC[C@@H](C)O[C@@H](CC)[C@H](CC(=O)OC(C)(C)C)C(=O)N1C[C@H](O)C[C@H]1C(=O)C[C@]1(C(=O)NS(=O)(=O)C2CC2)C[C@H]1C=C.C=CCC[C@@H](C)O[C@@H](CC)[C@H](CC(=O)OC(C)(C)C)C(=O)N1C[C@H](O)C[C@H]1C(=O)O.CC[C@@H]1O[C@H](C)CC/C=C\[C@@H]2C[C@@]2(C(=O)NS(=O)(=O)C2CC2)CC(=O)[C@@H]2C[C@@H](O)CN2C(=O)[C@H]1CC(=O)OC(C)(C)C. The van der Waals surface area contributed by atoms with E-state index in [1.807, 2.05) is 53.7 Å². The average Bonchev–Trinajstić information content (AvgIpc) is 1.58. The fourth-order valence-electron chi connectivity index (χ4n) is 15.9. The largest absolute Gasteiger partial charge is 0.480 e. The second kappa shape index (κ2) is 41.4. The first kappa shape index (κ1) is 98.0. The zero-order chi connectivity index (χ0) is 87.1. The van der Waals surface area contributed by atoms with Crippen molar-refractivity contribution in [3.8, 4) is 0 Å². The molecule has 0 aromatic carbocycles. The van der Waals surface area contributed by atoms with Gasteiger partial charge in [0.2, 0.25) is 49.6 Å². The third kappa shape index (κ3) is 28.2. The number of sulfonamides is 2. The molecule has 116 heavy (non-hydrogen) atoms. The van der Waals surface area contributed by atoms with Gasteiger partial charge in [-0.2, -0.15) is 0 Å². The second-order valence-corrected chi connectivity index (χ2v) is 39.9. The third-order valence-corrected chi connectivity index (χ3v) is 26.0. The van der Waals surface area contributed by atoms with Crippen LogP contribution >= 0.6 is 0 Å². The number of nitrogens with one attached hydrogen (secondary N) is 2. The number of aliphatic hydroxyl groups excluding tert-OH is 3. The van der Waals surface area contributed by atoms with Crippen LogP contribution in [0.25, 0.3) is 0 Å². The zero-order valence-corrected chi connectivity index (χ0v) is 72.5. The summed E-state index contributed by atoms with van der Waals surface area (Å²) in [5.74, 6) is -10.2. The highest BCUT2D eigenvalue weighted by molar-refractivity contribution is 7.91. The zero-order valence-electron chi connectivity index (χ0n) is 70.9. The minimum atomic E-state index is -3.83. The summed E-state index contributed by atoms with van der Waals surface area (Å²) < 4.78 is 89.6. The van der Waals surface area contributed by atoms with E-state index in [1.54, 1.807) is 74.5 Å². The maximum absolute atomic E-state index is 14.2. The Labute approximate surface area is 686 Å². The molecular formula is C84H133N5O25S2. The lowest BCUT2D eigenvalue weighted by molar-refractivity contribution is -0.164. The topological polar surface area (TPSA) is 426 Å². The number of β-amino-alcohol motifs (C(OH)–C–C–N with tert-alkyl or cyclic N) is 2. The van der Waals surface area contributed by atoms with E-state index >= 15 is 0 Å². The van der Waals surface area contributed by atoms with Crippen LogP contribution in [0.3, 0.4) is 0 Å². The van der Waals surface area contributed by atoms with Crippen molar-refractivity contribution < 1.29 is 118 Å². The number of amides is 5. The Bertz CT molecular complexity index is 3780. The van der Waals surface area contributed by atoms with Crippen LogP contribution in [0.5, 0.6) is 0 Å². The van der Waals surface area contributed by atoms with Crippen molar-refractivity contribution in [1.29, 1.82) is 0 Å². The molecule has 32 heteroatoms. The Morgan fingerprint density at radius 2 is 1.10 bits per heavy atom. The van der Waals surface area contributed by atoms with Gasteiger partial charge in [0.25, 0.3) is 0 Å². The predicted octanol–water partition coefficient (Wildman–Crippen LogP) is 8.14. The molecule has 8 aliphatic rings. The fourth-order valence-corrected chi connectivity index (χ4v) is 18.6.